The molecule has 4 atom stereocenters. The van der Waals surface area contributed by atoms with Crippen LogP contribution in [0.3, 0.4) is 0 Å². The third kappa shape index (κ3) is 3.86. The minimum atomic E-state index is -1.44. The molecule has 0 radical (unpaired) electrons. The van der Waals surface area contributed by atoms with E-state index in [1.807, 2.05) is 96.9 Å². The van der Waals surface area contributed by atoms with Gasteiger partial charge in [-0.05, 0) is 59.5 Å². The molecule has 1 spiro atoms. The summed E-state index contributed by atoms with van der Waals surface area (Å²) in [6.45, 7) is 2.44. The molecule has 1 aromatic heterocycles. The molecule has 0 aliphatic carbocycles. The summed E-state index contributed by atoms with van der Waals surface area (Å²) in [5, 5.41) is 3.86. The van der Waals surface area contributed by atoms with Crippen LogP contribution in [-0.2, 0) is 10.2 Å². The Morgan fingerprint density at radius 1 is 0.911 bits per heavy atom. The van der Waals surface area contributed by atoms with E-state index < -0.39 is 29.2 Å². The Labute approximate surface area is 260 Å². The molecule has 5 aromatic rings. The van der Waals surface area contributed by atoms with Gasteiger partial charge in [0.25, 0.3) is 0 Å². The number of ether oxygens (including phenoxy) is 1. The van der Waals surface area contributed by atoms with Gasteiger partial charge in [-0.25, -0.2) is 0 Å². The van der Waals surface area contributed by atoms with Crippen LogP contribution in [0.15, 0.2) is 114 Å². The van der Waals surface area contributed by atoms with E-state index in [9.17, 15) is 4.79 Å². The average Bonchev–Trinajstić information content (AvgIpc) is 3.74. The van der Waals surface area contributed by atoms with Gasteiger partial charge in [0.1, 0.15) is 22.8 Å². The average molecular weight is 595 g/mol. The van der Waals surface area contributed by atoms with E-state index in [2.05, 4.69) is 5.32 Å². The SMILES string of the molecule is CCCOc1ccccc1C(=O)[C@@H]1[C@H](C(=O)c2cc3ccccc3o2)[C@@]2(C(=O)Nc3ccccc32)[C@H]2c3ccccc3C=CN12. The Morgan fingerprint density at radius 3 is 2.53 bits per heavy atom. The van der Waals surface area contributed by atoms with Crippen molar-refractivity contribution in [3.63, 3.8) is 0 Å². The Morgan fingerprint density at radius 2 is 1.67 bits per heavy atom. The number of carbonyl (C=O) groups excluding carboxylic acids is 3. The van der Waals surface area contributed by atoms with Crippen molar-refractivity contribution in [2.75, 3.05) is 11.9 Å². The van der Waals surface area contributed by atoms with Crippen molar-refractivity contribution >= 4 is 40.2 Å². The van der Waals surface area contributed by atoms with E-state index in [0.717, 1.165) is 22.9 Å². The highest BCUT2D eigenvalue weighted by Gasteiger charge is 2.71. The van der Waals surface area contributed by atoms with E-state index in [1.54, 1.807) is 30.3 Å². The van der Waals surface area contributed by atoms with Gasteiger partial charge in [0, 0.05) is 17.3 Å². The zero-order valence-electron chi connectivity index (χ0n) is 24.6. The molecule has 4 aromatic carbocycles. The lowest BCUT2D eigenvalue weighted by molar-refractivity contribution is -0.122. The zero-order chi connectivity index (χ0) is 30.7. The summed E-state index contributed by atoms with van der Waals surface area (Å²) in [5.74, 6) is -1.57. The lowest BCUT2D eigenvalue weighted by Gasteiger charge is -2.38. The van der Waals surface area contributed by atoms with E-state index in [0.29, 0.717) is 34.8 Å². The standard InChI is InChI=1S/C38H30N2O5/c1-2-21-44-30-18-10-6-14-26(30)34(41)33-32(35(42)31-22-24-12-4-9-17-29(24)45-31)38(27-15-7-8-16-28(27)39-37(38)43)36-25-13-5-3-11-23(25)19-20-40(33)36/h3-20,22,32-33,36H,2,21H2,1H3,(H,39,43)/t32-,33+,36-,38-/m1/s1. The number of hydrogen-bond acceptors (Lipinski definition) is 6. The molecule has 4 heterocycles. The van der Waals surface area contributed by atoms with Gasteiger partial charge in [-0.3, -0.25) is 14.4 Å². The Hall–Kier alpha value is -5.43. The normalized spacial score (nSPS) is 22.6. The number of ketones is 2. The second-order valence-electron chi connectivity index (χ2n) is 11.8. The van der Waals surface area contributed by atoms with E-state index >= 15 is 9.59 Å². The first kappa shape index (κ1) is 27.1. The van der Waals surface area contributed by atoms with Crippen molar-refractivity contribution < 1.29 is 23.5 Å². The predicted molar refractivity (Wildman–Crippen MR) is 171 cm³/mol. The first-order valence-electron chi connectivity index (χ1n) is 15.3. The van der Waals surface area contributed by atoms with Gasteiger partial charge < -0.3 is 19.4 Å². The molecule has 0 bridgehead atoms. The van der Waals surface area contributed by atoms with Crippen LogP contribution in [0.25, 0.3) is 17.0 Å². The fraction of sp³-hybridized carbons (Fsp3) is 0.184. The van der Waals surface area contributed by atoms with Gasteiger partial charge in [0.15, 0.2) is 11.5 Å². The molecule has 1 amide bonds. The van der Waals surface area contributed by atoms with Crippen LogP contribution in [0.4, 0.5) is 5.69 Å². The molecule has 8 rings (SSSR count). The molecule has 3 aliphatic heterocycles. The number of nitrogens with zero attached hydrogens (tertiary/aromatic N) is 1. The van der Waals surface area contributed by atoms with Crippen molar-refractivity contribution in [1.82, 2.24) is 4.90 Å². The second kappa shape index (κ2) is 10.3. The van der Waals surface area contributed by atoms with Crippen LogP contribution >= 0.6 is 0 Å². The number of benzene rings is 4. The van der Waals surface area contributed by atoms with Crippen molar-refractivity contribution in [3.8, 4) is 5.75 Å². The maximum Gasteiger partial charge on any atom is 0.238 e. The molecular formula is C38H30N2O5. The summed E-state index contributed by atoms with van der Waals surface area (Å²) >= 11 is 0. The predicted octanol–water partition coefficient (Wildman–Crippen LogP) is 7.20. The maximum absolute atomic E-state index is 15.1. The quantitative estimate of drug-likeness (QED) is 0.201. The summed E-state index contributed by atoms with van der Waals surface area (Å²) in [5.41, 5.74) is 2.63. The molecule has 1 saturated heterocycles. The van der Waals surface area contributed by atoms with E-state index in [1.165, 1.54) is 0 Å². The Kier molecular flexibility index (Phi) is 6.24. The molecule has 1 fully saturated rings. The third-order valence-electron chi connectivity index (χ3n) is 9.40. The van der Waals surface area contributed by atoms with Crippen LogP contribution < -0.4 is 10.1 Å². The number of rotatable bonds is 7. The lowest BCUT2D eigenvalue weighted by Crippen LogP contribution is -2.49. The van der Waals surface area contributed by atoms with E-state index in [4.69, 9.17) is 9.15 Å². The highest BCUT2D eigenvalue weighted by molar-refractivity contribution is 6.17. The van der Waals surface area contributed by atoms with Crippen LogP contribution in [0.1, 0.15) is 57.0 Å². The fourth-order valence-electron chi connectivity index (χ4n) is 7.59. The molecule has 7 heteroatoms. The number of anilines is 1. The minimum Gasteiger partial charge on any atom is -0.493 e. The highest BCUT2D eigenvalue weighted by atomic mass is 16.5. The number of furan rings is 1. The van der Waals surface area contributed by atoms with Crippen LogP contribution in [0.2, 0.25) is 0 Å². The smallest absolute Gasteiger partial charge is 0.238 e. The Balaban J connectivity index is 1.41. The monoisotopic (exact) mass is 594 g/mol. The number of hydrogen-bond donors (Lipinski definition) is 1. The molecular weight excluding hydrogens is 564 g/mol. The van der Waals surface area contributed by atoms with Gasteiger partial charge in [-0.2, -0.15) is 0 Å². The number of para-hydroxylation sites is 3. The number of nitrogens with one attached hydrogen (secondary N) is 1. The zero-order valence-corrected chi connectivity index (χ0v) is 24.6. The number of amides is 1. The molecule has 7 nitrogen and oxygen atoms in total. The number of Topliss-reactive ketones (excluding diaryl/α,β-unsaturated/α-hetero) is 2. The van der Waals surface area contributed by atoms with Crippen LogP contribution in [0.5, 0.6) is 5.75 Å². The first-order valence-corrected chi connectivity index (χ1v) is 15.3. The van der Waals surface area contributed by atoms with Crippen molar-refractivity contribution in [2.45, 2.75) is 30.8 Å². The molecule has 45 heavy (non-hydrogen) atoms. The minimum absolute atomic E-state index is 0.114. The van der Waals surface area contributed by atoms with Gasteiger partial charge in [-0.1, -0.05) is 79.7 Å². The van der Waals surface area contributed by atoms with E-state index in [-0.39, 0.29) is 17.5 Å². The summed E-state index contributed by atoms with van der Waals surface area (Å²) in [6.07, 6.45) is 4.59. The third-order valence-corrected chi connectivity index (χ3v) is 9.40. The van der Waals surface area contributed by atoms with Gasteiger partial charge in [-0.15, -0.1) is 0 Å². The second-order valence-corrected chi connectivity index (χ2v) is 11.8. The van der Waals surface area contributed by atoms with Gasteiger partial charge >= 0.3 is 0 Å². The largest absolute Gasteiger partial charge is 0.493 e. The summed E-state index contributed by atoms with van der Waals surface area (Å²) in [7, 11) is 0. The fourth-order valence-corrected chi connectivity index (χ4v) is 7.59. The van der Waals surface area contributed by atoms with Crippen molar-refractivity contribution in [2.24, 2.45) is 5.92 Å². The molecule has 3 aliphatic rings. The van der Waals surface area contributed by atoms with Crippen LogP contribution in [-0.4, -0.2) is 35.0 Å². The molecule has 222 valence electrons. The first-order chi connectivity index (χ1) is 22.0. The summed E-state index contributed by atoms with van der Waals surface area (Å²) in [4.78, 5) is 46.7. The molecule has 0 saturated carbocycles. The topological polar surface area (TPSA) is 88.9 Å². The number of fused-ring (bicyclic) bond motifs is 7. The van der Waals surface area contributed by atoms with Crippen LogP contribution in [0, 0.1) is 5.92 Å². The van der Waals surface area contributed by atoms with Crippen molar-refractivity contribution in [3.05, 3.63) is 137 Å². The molecule has 0 unspecified atom stereocenters. The van der Waals surface area contributed by atoms with Gasteiger partial charge in [0.2, 0.25) is 11.7 Å². The highest BCUT2D eigenvalue weighted by Crippen LogP contribution is 2.62. The summed E-state index contributed by atoms with van der Waals surface area (Å²) in [6, 6.07) is 29.9. The Bertz CT molecular complexity index is 2010. The van der Waals surface area contributed by atoms with Crippen molar-refractivity contribution in [1.29, 1.82) is 0 Å². The summed E-state index contributed by atoms with van der Waals surface area (Å²) < 4.78 is 12.2. The maximum atomic E-state index is 15.1. The van der Waals surface area contributed by atoms with Gasteiger partial charge in [0.05, 0.1) is 24.1 Å². The molecule has 1 N–H and O–H groups in total. The lowest BCUT2D eigenvalue weighted by atomic mass is 9.63. The number of carbonyl (C=O) groups is 3.